The van der Waals surface area contributed by atoms with E-state index < -0.39 is 5.82 Å². The molecule has 2 aromatic carbocycles. The van der Waals surface area contributed by atoms with Crippen molar-refractivity contribution in [3.05, 3.63) is 58.4 Å². The number of anilines is 2. The van der Waals surface area contributed by atoms with Crippen molar-refractivity contribution in [2.24, 2.45) is 0 Å². The van der Waals surface area contributed by atoms with Gasteiger partial charge >= 0.3 is 0 Å². The van der Waals surface area contributed by atoms with Crippen molar-refractivity contribution in [1.82, 2.24) is 4.90 Å². The molecule has 32 heavy (non-hydrogen) atoms. The Balaban J connectivity index is 1.42. The van der Waals surface area contributed by atoms with E-state index >= 15 is 0 Å². The number of benzene rings is 2. The van der Waals surface area contributed by atoms with E-state index in [0.717, 1.165) is 44.4 Å². The van der Waals surface area contributed by atoms with Crippen LogP contribution in [-0.4, -0.2) is 63.3 Å². The average Bonchev–Trinajstić information content (AvgIpc) is 3.07. The van der Waals surface area contributed by atoms with Crippen molar-refractivity contribution >= 4 is 35.0 Å². The molecular weight excluding hydrogens is 429 g/mol. The van der Waals surface area contributed by atoms with E-state index in [1.165, 1.54) is 29.4 Å². The van der Waals surface area contributed by atoms with E-state index in [0.29, 0.717) is 30.5 Å². The molecule has 1 saturated heterocycles. The quantitative estimate of drug-likeness (QED) is 0.434. The minimum Gasteiger partial charge on any atom is -0.376 e. The van der Waals surface area contributed by atoms with Gasteiger partial charge in [-0.1, -0.05) is 23.7 Å². The van der Waals surface area contributed by atoms with Crippen LogP contribution in [0, 0.1) is 5.82 Å². The number of rotatable bonds is 8. The van der Waals surface area contributed by atoms with E-state index in [4.69, 9.17) is 11.6 Å². The normalized spacial score (nSPS) is 20.1. The summed E-state index contributed by atoms with van der Waals surface area (Å²) in [5, 5.41) is 0.172. The van der Waals surface area contributed by atoms with E-state index in [2.05, 4.69) is 32.9 Å². The Bertz CT molecular complexity index is 1010. The molecule has 0 aromatic heterocycles. The molecule has 4 rings (SSSR count). The minimum absolute atomic E-state index is 0.0520. The highest BCUT2D eigenvalue weighted by atomic mass is 35.5. The Kier molecular flexibility index (Phi) is 6.82. The number of para-hydroxylation sites is 1. The number of carbonyl (C=O) groups is 2. The van der Waals surface area contributed by atoms with Crippen LogP contribution >= 0.6 is 11.6 Å². The summed E-state index contributed by atoms with van der Waals surface area (Å²) in [5.41, 5.74) is 4.02. The van der Waals surface area contributed by atoms with Gasteiger partial charge in [0.15, 0.2) is 5.78 Å². The van der Waals surface area contributed by atoms with Gasteiger partial charge in [0, 0.05) is 51.1 Å². The molecule has 2 aromatic rings. The van der Waals surface area contributed by atoms with Crippen LogP contribution in [0.5, 0.6) is 0 Å². The number of hydrogen-bond acceptors (Lipinski definition) is 5. The molecule has 5 nitrogen and oxygen atoms in total. The van der Waals surface area contributed by atoms with Crippen LogP contribution in [-0.2, 0) is 4.79 Å². The lowest BCUT2D eigenvalue weighted by atomic mass is 9.88. The predicted octanol–water partition coefficient (Wildman–Crippen LogP) is 4.39. The molecule has 0 aliphatic carbocycles. The number of piperidine rings is 1. The Morgan fingerprint density at radius 3 is 2.81 bits per heavy atom. The third-order valence-corrected chi connectivity index (χ3v) is 6.97. The molecule has 2 aliphatic heterocycles. The Morgan fingerprint density at radius 1 is 1.28 bits per heavy atom. The lowest BCUT2D eigenvalue weighted by Gasteiger charge is -2.38. The van der Waals surface area contributed by atoms with Crippen molar-refractivity contribution in [3.8, 4) is 0 Å². The van der Waals surface area contributed by atoms with Crippen molar-refractivity contribution in [3.63, 3.8) is 0 Å². The minimum atomic E-state index is -0.438. The van der Waals surface area contributed by atoms with Gasteiger partial charge in [0.05, 0.1) is 22.9 Å². The second kappa shape index (κ2) is 9.59. The maximum atomic E-state index is 13.2. The van der Waals surface area contributed by atoms with Gasteiger partial charge in [-0.2, -0.15) is 0 Å². The van der Waals surface area contributed by atoms with E-state index in [-0.39, 0.29) is 10.8 Å². The number of Topliss-reactive ketones (excluding diaryl/α,β-unsaturated/α-hetero) is 1. The molecule has 0 N–H and O–H groups in total. The lowest BCUT2D eigenvalue weighted by Crippen LogP contribution is -2.47. The van der Waals surface area contributed by atoms with E-state index in [1.54, 1.807) is 0 Å². The summed E-state index contributed by atoms with van der Waals surface area (Å²) in [4.78, 5) is 30.7. The van der Waals surface area contributed by atoms with Gasteiger partial charge in [-0.05, 0) is 49.2 Å². The maximum absolute atomic E-state index is 13.2. The molecule has 0 radical (unpaired) electrons. The first-order valence-electron chi connectivity index (χ1n) is 11.1. The van der Waals surface area contributed by atoms with Crippen LogP contribution in [0.2, 0.25) is 5.02 Å². The summed E-state index contributed by atoms with van der Waals surface area (Å²) in [6.45, 7) is 3.08. The fourth-order valence-corrected chi connectivity index (χ4v) is 5.47. The van der Waals surface area contributed by atoms with Crippen molar-refractivity contribution in [2.75, 3.05) is 50.1 Å². The Hall–Kier alpha value is -2.44. The molecule has 1 fully saturated rings. The fourth-order valence-electron chi connectivity index (χ4n) is 5.20. The highest BCUT2D eigenvalue weighted by Crippen LogP contribution is 2.48. The number of ketones is 1. The van der Waals surface area contributed by atoms with Crippen molar-refractivity contribution in [2.45, 2.75) is 31.2 Å². The number of carbonyl (C=O) groups excluding carboxylic acids is 2. The first kappa shape index (κ1) is 22.7. The number of hydrogen-bond donors (Lipinski definition) is 0. The van der Waals surface area contributed by atoms with Crippen molar-refractivity contribution < 1.29 is 14.0 Å². The van der Waals surface area contributed by atoms with Gasteiger partial charge < -0.3 is 19.5 Å². The molecule has 2 aliphatic rings. The zero-order valence-corrected chi connectivity index (χ0v) is 19.3. The number of likely N-dealkylation sites (tertiary alicyclic amines) is 1. The van der Waals surface area contributed by atoms with Gasteiger partial charge in [0.1, 0.15) is 12.1 Å². The van der Waals surface area contributed by atoms with E-state index in [1.807, 2.05) is 14.1 Å². The predicted molar refractivity (Wildman–Crippen MR) is 127 cm³/mol. The Labute approximate surface area is 193 Å². The number of halogens is 2. The van der Waals surface area contributed by atoms with Gasteiger partial charge in [-0.15, -0.1) is 0 Å². The maximum Gasteiger partial charge on any atom is 0.164 e. The highest BCUT2D eigenvalue weighted by Gasteiger charge is 2.42. The number of aldehydes is 1. The fraction of sp³-hybridized carbons (Fsp3) is 0.440. The second-order valence-corrected chi connectivity index (χ2v) is 9.25. The molecule has 2 atom stereocenters. The summed E-state index contributed by atoms with van der Waals surface area (Å²) >= 11 is 6.03. The molecule has 0 amide bonds. The topological polar surface area (TPSA) is 43.9 Å². The van der Waals surface area contributed by atoms with E-state index in [9.17, 15) is 14.0 Å². The summed E-state index contributed by atoms with van der Waals surface area (Å²) in [6.07, 6.45) is 3.09. The zero-order valence-electron chi connectivity index (χ0n) is 18.6. The molecular formula is C25H29ClFN3O2. The summed E-state index contributed by atoms with van der Waals surface area (Å²) in [6, 6.07) is 10.6. The first-order chi connectivity index (χ1) is 15.4. The summed E-state index contributed by atoms with van der Waals surface area (Å²) in [5.74, 6) is -0.142. The highest BCUT2D eigenvalue weighted by molar-refractivity contribution is 6.33. The molecule has 0 spiro atoms. The van der Waals surface area contributed by atoms with Gasteiger partial charge in [0.2, 0.25) is 0 Å². The standard InChI is InChI=1S/C25H29ClFN3O2/c1-28(2)23-6-3-5-18-20-16-29(12-10-22(20)30(13-14-31)25(18)23)11-4-7-24(32)19-9-8-17(27)15-21(19)26/h3,5-6,8-9,14-15,20,22H,4,7,10-13,16H2,1-2H3. The molecule has 0 saturated carbocycles. The van der Waals surface area contributed by atoms with Crippen molar-refractivity contribution in [1.29, 1.82) is 0 Å². The van der Waals surface area contributed by atoms with Crippen LogP contribution < -0.4 is 9.80 Å². The summed E-state index contributed by atoms with van der Waals surface area (Å²) in [7, 11) is 4.07. The average molecular weight is 458 g/mol. The molecule has 2 heterocycles. The SMILES string of the molecule is CN(C)c1cccc2c1N(CC=O)C1CCN(CCCC(=O)c3ccc(F)cc3Cl)CC21. The smallest absolute Gasteiger partial charge is 0.164 e. The monoisotopic (exact) mass is 457 g/mol. The molecule has 170 valence electrons. The van der Waals surface area contributed by atoms with Gasteiger partial charge in [-0.25, -0.2) is 4.39 Å². The molecule has 2 unspecified atom stereocenters. The third kappa shape index (κ3) is 4.39. The Morgan fingerprint density at radius 2 is 2.09 bits per heavy atom. The molecule has 0 bridgehead atoms. The van der Waals surface area contributed by atoms with Gasteiger partial charge in [-0.3, -0.25) is 4.79 Å². The number of nitrogens with zero attached hydrogens (tertiary/aromatic N) is 3. The first-order valence-corrected chi connectivity index (χ1v) is 11.5. The molecule has 7 heteroatoms. The lowest BCUT2D eigenvalue weighted by molar-refractivity contribution is -0.106. The largest absolute Gasteiger partial charge is 0.376 e. The van der Waals surface area contributed by atoms with Crippen LogP contribution in [0.25, 0.3) is 0 Å². The van der Waals surface area contributed by atoms with Crippen LogP contribution in [0.3, 0.4) is 0 Å². The second-order valence-electron chi connectivity index (χ2n) is 8.84. The number of fused-ring (bicyclic) bond motifs is 3. The summed E-state index contributed by atoms with van der Waals surface area (Å²) < 4.78 is 13.2. The van der Waals surface area contributed by atoms with Crippen LogP contribution in [0.4, 0.5) is 15.8 Å². The van der Waals surface area contributed by atoms with Crippen LogP contribution in [0.1, 0.15) is 41.1 Å². The van der Waals surface area contributed by atoms with Crippen LogP contribution in [0.15, 0.2) is 36.4 Å². The third-order valence-electron chi connectivity index (χ3n) is 6.66. The van der Waals surface area contributed by atoms with Gasteiger partial charge in [0.25, 0.3) is 0 Å². The zero-order chi connectivity index (χ0) is 22.8.